The Kier molecular flexibility index (Phi) is 4.63. The quantitative estimate of drug-likeness (QED) is 0.606. The molecule has 0 radical (unpaired) electrons. The maximum atomic E-state index is 3.82. The van der Waals surface area contributed by atoms with Gasteiger partial charge in [0.05, 0.1) is 0 Å². The Morgan fingerprint density at radius 1 is 1.00 bits per heavy atom. The molecule has 94 valence electrons. The molecule has 0 spiro atoms. The Morgan fingerprint density at radius 2 is 1.72 bits per heavy atom. The monoisotopic (exact) mass is 366 g/mol. The lowest BCUT2D eigenvalue weighted by Crippen LogP contribution is -2.00. The minimum atomic E-state index is 0.357. The average molecular weight is 368 g/mol. The highest BCUT2D eigenvalue weighted by molar-refractivity contribution is 9.10. The number of hydrogen-bond acceptors (Lipinski definition) is 0. The largest absolute Gasteiger partial charge is 0.0835 e. The van der Waals surface area contributed by atoms with E-state index >= 15 is 0 Å². The van der Waals surface area contributed by atoms with Crippen molar-refractivity contribution in [3.63, 3.8) is 0 Å². The lowest BCUT2D eigenvalue weighted by Gasteiger charge is -2.15. The molecule has 2 aromatic rings. The van der Waals surface area contributed by atoms with Gasteiger partial charge in [-0.15, -0.1) is 0 Å². The topological polar surface area (TPSA) is 0 Å². The summed E-state index contributed by atoms with van der Waals surface area (Å²) in [7, 11) is 0. The van der Waals surface area contributed by atoms with Crippen LogP contribution >= 0.6 is 31.9 Å². The van der Waals surface area contributed by atoms with Crippen molar-refractivity contribution in [2.75, 3.05) is 0 Å². The minimum absolute atomic E-state index is 0.357. The van der Waals surface area contributed by atoms with Crippen LogP contribution in [0.1, 0.15) is 27.1 Å². The number of alkyl halides is 1. The first-order valence-corrected chi connectivity index (χ1v) is 7.74. The summed E-state index contributed by atoms with van der Waals surface area (Å²) in [6.07, 6.45) is 1.02. The average Bonchev–Trinajstić information content (AvgIpc) is 2.35. The Morgan fingerprint density at radius 3 is 2.44 bits per heavy atom. The van der Waals surface area contributed by atoms with Gasteiger partial charge in [-0.3, -0.25) is 0 Å². The zero-order valence-corrected chi connectivity index (χ0v) is 13.8. The predicted molar refractivity (Wildman–Crippen MR) is 85.4 cm³/mol. The first-order valence-electron chi connectivity index (χ1n) is 6.03. The zero-order valence-electron chi connectivity index (χ0n) is 10.6. The van der Waals surface area contributed by atoms with Crippen LogP contribution in [-0.2, 0) is 6.42 Å². The molecule has 0 saturated carbocycles. The van der Waals surface area contributed by atoms with Crippen LogP contribution in [0.5, 0.6) is 0 Å². The van der Waals surface area contributed by atoms with Crippen LogP contribution in [0.2, 0.25) is 0 Å². The molecule has 0 nitrogen and oxygen atoms in total. The van der Waals surface area contributed by atoms with E-state index in [9.17, 15) is 0 Å². The van der Waals surface area contributed by atoms with E-state index in [2.05, 4.69) is 88.2 Å². The van der Waals surface area contributed by atoms with Crippen LogP contribution in [0, 0.1) is 13.8 Å². The maximum absolute atomic E-state index is 3.82. The van der Waals surface area contributed by atoms with Crippen LogP contribution < -0.4 is 0 Å². The summed E-state index contributed by atoms with van der Waals surface area (Å²) in [6.45, 7) is 4.33. The number of hydrogen-bond donors (Lipinski definition) is 0. The maximum Gasteiger partial charge on any atom is 0.0438 e. The number of halogens is 2. The molecule has 0 heterocycles. The van der Waals surface area contributed by atoms with E-state index < -0.39 is 0 Å². The molecule has 2 rings (SSSR count). The number of benzene rings is 2. The van der Waals surface area contributed by atoms with Gasteiger partial charge >= 0.3 is 0 Å². The van der Waals surface area contributed by atoms with Crippen LogP contribution in [0.3, 0.4) is 0 Å². The van der Waals surface area contributed by atoms with E-state index in [-0.39, 0.29) is 0 Å². The van der Waals surface area contributed by atoms with Crippen molar-refractivity contribution >= 4 is 31.9 Å². The van der Waals surface area contributed by atoms with Crippen molar-refractivity contribution in [2.24, 2.45) is 0 Å². The highest BCUT2D eigenvalue weighted by atomic mass is 79.9. The zero-order chi connectivity index (χ0) is 13.1. The van der Waals surface area contributed by atoms with Crippen LogP contribution in [0.25, 0.3) is 0 Å². The van der Waals surface area contributed by atoms with Crippen molar-refractivity contribution in [1.29, 1.82) is 0 Å². The van der Waals surface area contributed by atoms with Gasteiger partial charge in [-0.05, 0) is 48.6 Å². The number of aryl methyl sites for hydroxylation is 1. The summed E-state index contributed by atoms with van der Waals surface area (Å²) < 4.78 is 1.18. The van der Waals surface area contributed by atoms with E-state index in [1.807, 2.05) is 0 Å². The van der Waals surface area contributed by atoms with Crippen LogP contribution in [0.4, 0.5) is 0 Å². The summed E-state index contributed by atoms with van der Waals surface area (Å²) in [5.41, 5.74) is 5.42. The normalized spacial score (nSPS) is 12.4. The molecule has 0 aliphatic carbocycles. The van der Waals surface area contributed by atoms with Gasteiger partial charge in [0.2, 0.25) is 0 Å². The molecule has 0 aliphatic heterocycles. The highest BCUT2D eigenvalue weighted by Gasteiger charge is 2.13. The van der Waals surface area contributed by atoms with E-state index in [4.69, 9.17) is 0 Å². The summed E-state index contributed by atoms with van der Waals surface area (Å²) in [5, 5.41) is 0. The third kappa shape index (κ3) is 3.04. The smallest absolute Gasteiger partial charge is 0.0438 e. The Labute approximate surface area is 126 Å². The van der Waals surface area contributed by atoms with Crippen molar-refractivity contribution in [3.8, 4) is 0 Å². The van der Waals surface area contributed by atoms with Gasteiger partial charge in [0.25, 0.3) is 0 Å². The second-order valence-corrected chi connectivity index (χ2v) is 6.51. The molecule has 2 aromatic carbocycles. The fourth-order valence-corrected chi connectivity index (χ4v) is 3.33. The van der Waals surface area contributed by atoms with E-state index in [1.165, 1.54) is 26.7 Å². The minimum Gasteiger partial charge on any atom is -0.0835 e. The third-order valence-electron chi connectivity index (χ3n) is 3.31. The van der Waals surface area contributed by atoms with E-state index in [0.29, 0.717) is 4.83 Å². The molecule has 0 saturated heterocycles. The van der Waals surface area contributed by atoms with Crippen molar-refractivity contribution in [3.05, 3.63) is 69.2 Å². The highest BCUT2D eigenvalue weighted by Crippen LogP contribution is 2.33. The van der Waals surface area contributed by atoms with Gasteiger partial charge in [0.1, 0.15) is 0 Å². The molecule has 0 N–H and O–H groups in total. The predicted octanol–water partition coefficient (Wildman–Crippen LogP) is 5.74. The molecule has 0 fully saturated rings. The molecule has 18 heavy (non-hydrogen) atoms. The van der Waals surface area contributed by atoms with Gasteiger partial charge < -0.3 is 0 Å². The molecular weight excluding hydrogens is 352 g/mol. The van der Waals surface area contributed by atoms with Crippen molar-refractivity contribution in [2.45, 2.75) is 25.1 Å². The van der Waals surface area contributed by atoms with E-state index in [0.717, 1.165) is 6.42 Å². The molecule has 0 bridgehead atoms. The van der Waals surface area contributed by atoms with Crippen LogP contribution in [-0.4, -0.2) is 0 Å². The van der Waals surface area contributed by atoms with Gasteiger partial charge in [0.15, 0.2) is 0 Å². The summed E-state index contributed by atoms with van der Waals surface area (Å²) in [4.78, 5) is 0.357. The Hall–Kier alpha value is -0.600. The first-order chi connectivity index (χ1) is 8.59. The van der Waals surface area contributed by atoms with E-state index in [1.54, 1.807) is 0 Å². The summed E-state index contributed by atoms with van der Waals surface area (Å²) >= 11 is 7.41. The standard InChI is InChI=1S/C16H16Br2/c1-11-6-3-4-7-13(11)10-16(18)14-8-5-9-15(17)12(14)2/h3-9,16H,10H2,1-2H3. The summed E-state index contributed by atoms with van der Waals surface area (Å²) in [5.74, 6) is 0. The third-order valence-corrected chi connectivity index (χ3v) is 4.98. The molecule has 2 heteroatoms. The van der Waals surface area contributed by atoms with Crippen molar-refractivity contribution < 1.29 is 0 Å². The lowest BCUT2D eigenvalue weighted by molar-refractivity contribution is 0.927. The fourth-order valence-electron chi connectivity index (χ4n) is 2.11. The lowest BCUT2D eigenvalue weighted by atomic mass is 9.98. The Bertz CT molecular complexity index is 547. The first kappa shape index (κ1) is 13.8. The molecule has 1 unspecified atom stereocenters. The van der Waals surface area contributed by atoms with Gasteiger partial charge in [-0.25, -0.2) is 0 Å². The molecular formula is C16H16Br2. The second-order valence-electron chi connectivity index (χ2n) is 4.55. The fraction of sp³-hybridized carbons (Fsp3) is 0.250. The van der Waals surface area contributed by atoms with Gasteiger partial charge in [0, 0.05) is 9.30 Å². The van der Waals surface area contributed by atoms with Gasteiger partial charge in [-0.2, -0.15) is 0 Å². The second kappa shape index (κ2) is 6.03. The SMILES string of the molecule is Cc1ccccc1CC(Br)c1cccc(Br)c1C. The Balaban J connectivity index is 2.25. The van der Waals surface area contributed by atoms with Crippen molar-refractivity contribution in [1.82, 2.24) is 0 Å². The molecule has 0 aliphatic rings. The van der Waals surface area contributed by atoms with Crippen LogP contribution in [0.15, 0.2) is 46.9 Å². The number of rotatable bonds is 3. The van der Waals surface area contributed by atoms with Gasteiger partial charge in [-0.1, -0.05) is 68.3 Å². The molecule has 1 atom stereocenters. The molecule has 0 aromatic heterocycles. The summed E-state index contributed by atoms with van der Waals surface area (Å²) in [6, 6.07) is 14.9. The molecule has 0 amide bonds.